The van der Waals surface area contributed by atoms with Crippen molar-refractivity contribution >= 4 is 29.3 Å². The molecule has 0 fully saturated rings. The van der Waals surface area contributed by atoms with Gasteiger partial charge in [-0.05, 0) is 17.7 Å². The zero-order valence-corrected chi connectivity index (χ0v) is 14.6. The van der Waals surface area contributed by atoms with Gasteiger partial charge in [0.15, 0.2) is 0 Å². The molecule has 9 nitrogen and oxygen atoms in total. The van der Waals surface area contributed by atoms with Crippen LogP contribution in [0.1, 0.15) is 11.3 Å². The number of nitro benzene ring substituents is 1. The van der Waals surface area contributed by atoms with E-state index in [4.69, 9.17) is 16.3 Å². The van der Waals surface area contributed by atoms with Gasteiger partial charge in [0.25, 0.3) is 11.2 Å². The molecule has 10 heteroatoms. The number of nitrogens with zero attached hydrogens (tertiary/aromatic N) is 3. The first-order chi connectivity index (χ1) is 12.2. The van der Waals surface area contributed by atoms with Crippen molar-refractivity contribution in [1.82, 2.24) is 9.13 Å². The number of carbonyl (C=O) groups excluding carboxylic acids is 1. The number of carbonyl (C=O) groups is 1. The van der Waals surface area contributed by atoms with E-state index in [2.05, 4.69) is 0 Å². The van der Waals surface area contributed by atoms with Crippen molar-refractivity contribution in [2.45, 2.75) is 6.61 Å². The quantitative estimate of drug-likeness (QED) is 0.336. The highest BCUT2D eigenvalue weighted by molar-refractivity contribution is 6.32. The van der Waals surface area contributed by atoms with Crippen molar-refractivity contribution < 1.29 is 14.5 Å². The summed E-state index contributed by atoms with van der Waals surface area (Å²) < 4.78 is 7.11. The standard InChI is InChI=1S/C16H14ClN3O6/c1-18-11(8-14(21)19(2)16(18)23)9-26-15(22)6-4-10-3-5-12(17)13(7-10)20(24)25/h3-8H,9H2,1-2H3/b6-4-. The van der Waals surface area contributed by atoms with E-state index in [1.54, 1.807) is 0 Å². The fraction of sp³-hybridized carbons (Fsp3) is 0.188. The molecule has 0 saturated carbocycles. The summed E-state index contributed by atoms with van der Waals surface area (Å²) in [6.45, 7) is -0.272. The van der Waals surface area contributed by atoms with Crippen LogP contribution in [0.2, 0.25) is 5.02 Å². The molecule has 0 aliphatic rings. The molecule has 1 aromatic heterocycles. The van der Waals surface area contributed by atoms with Crippen molar-refractivity contribution in [3.63, 3.8) is 0 Å². The Morgan fingerprint density at radius 3 is 2.62 bits per heavy atom. The molecule has 0 bridgehead atoms. The van der Waals surface area contributed by atoms with Gasteiger partial charge in [-0.25, -0.2) is 9.59 Å². The van der Waals surface area contributed by atoms with E-state index in [0.717, 1.165) is 10.6 Å². The molecule has 0 aliphatic heterocycles. The topological polar surface area (TPSA) is 113 Å². The van der Waals surface area contributed by atoms with Gasteiger partial charge in [-0.3, -0.25) is 24.0 Å². The SMILES string of the molecule is Cn1c(COC(=O)/C=C\c2ccc(Cl)c([N+](=O)[O-])c2)cc(=O)n(C)c1=O. The number of rotatable bonds is 5. The predicted molar refractivity (Wildman–Crippen MR) is 93.9 cm³/mol. The number of benzene rings is 1. The molecule has 26 heavy (non-hydrogen) atoms. The third-order valence-corrected chi connectivity index (χ3v) is 3.89. The van der Waals surface area contributed by atoms with Crippen LogP contribution in [-0.2, 0) is 30.2 Å². The minimum atomic E-state index is -0.740. The Labute approximate surface area is 151 Å². The number of hydrogen-bond donors (Lipinski definition) is 0. The van der Waals surface area contributed by atoms with Crippen LogP contribution in [0.3, 0.4) is 0 Å². The Morgan fingerprint density at radius 1 is 1.27 bits per heavy atom. The Bertz CT molecular complexity index is 1020. The number of ether oxygens (including phenoxy) is 1. The lowest BCUT2D eigenvalue weighted by Crippen LogP contribution is -2.38. The van der Waals surface area contributed by atoms with Gasteiger partial charge in [-0.2, -0.15) is 0 Å². The van der Waals surface area contributed by atoms with Gasteiger partial charge < -0.3 is 4.74 Å². The van der Waals surface area contributed by atoms with Gasteiger partial charge in [-0.1, -0.05) is 17.7 Å². The Kier molecular flexibility index (Phi) is 5.73. The molecule has 0 saturated heterocycles. The predicted octanol–water partition coefficient (Wildman–Crippen LogP) is 1.40. The Balaban J connectivity index is 2.09. The smallest absolute Gasteiger partial charge is 0.331 e. The number of hydrogen-bond acceptors (Lipinski definition) is 6. The minimum Gasteiger partial charge on any atom is -0.456 e. The molecule has 2 rings (SSSR count). The van der Waals surface area contributed by atoms with Crippen LogP contribution in [-0.4, -0.2) is 20.0 Å². The van der Waals surface area contributed by atoms with E-state index < -0.39 is 22.1 Å². The van der Waals surface area contributed by atoms with E-state index >= 15 is 0 Å². The maximum absolute atomic E-state index is 11.8. The second-order valence-corrected chi connectivity index (χ2v) is 5.69. The highest BCUT2D eigenvalue weighted by Gasteiger charge is 2.12. The van der Waals surface area contributed by atoms with E-state index in [9.17, 15) is 24.5 Å². The van der Waals surface area contributed by atoms with Crippen LogP contribution in [0.25, 0.3) is 6.08 Å². The lowest BCUT2D eigenvalue weighted by atomic mass is 10.2. The van der Waals surface area contributed by atoms with Crippen molar-refractivity contribution in [2.75, 3.05) is 0 Å². The Hall–Kier alpha value is -3.20. The molecule has 1 aromatic carbocycles. The highest BCUT2D eigenvalue weighted by Crippen LogP contribution is 2.25. The molecule has 0 N–H and O–H groups in total. The first kappa shape index (κ1) is 19.1. The zero-order chi connectivity index (χ0) is 19.4. The largest absolute Gasteiger partial charge is 0.456 e. The molecule has 2 aromatic rings. The van der Waals surface area contributed by atoms with Crippen LogP contribution in [0.4, 0.5) is 5.69 Å². The maximum atomic E-state index is 11.8. The zero-order valence-electron chi connectivity index (χ0n) is 13.8. The van der Waals surface area contributed by atoms with Crippen molar-refractivity contribution in [3.05, 3.63) is 77.6 Å². The van der Waals surface area contributed by atoms with Crippen LogP contribution >= 0.6 is 11.6 Å². The summed E-state index contributed by atoms with van der Waals surface area (Å²) in [6.07, 6.45) is 2.40. The maximum Gasteiger partial charge on any atom is 0.331 e. The third-order valence-electron chi connectivity index (χ3n) is 3.57. The van der Waals surface area contributed by atoms with Gasteiger partial charge in [0.05, 0.1) is 10.6 Å². The van der Waals surface area contributed by atoms with Gasteiger partial charge in [0.1, 0.15) is 11.6 Å². The second kappa shape index (κ2) is 7.79. The van der Waals surface area contributed by atoms with Crippen molar-refractivity contribution in [2.24, 2.45) is 14.1 Å². The molecule has 0 amide bonds. The monoisotopic (exact) mass is 379 g/mol. The van der Waals surface area contributed by atoms with E-state index in [0.29, 0.717) is 5.56 Å². The lowest BCUT2D eigenvalue weighted by molar-refractivity contribution is -0.384. The molecule has 136 valence electrons. The van der Waals surface area contributed by atoms with Crippen LogP contribution < -0.4 is 11.2 Å². The third kappa shape index (κ3) is 4.25. The van der Waals surface area contributed by atoms with Gasteiger partial charge in [0.2, 0.25) is 0 Å². The van der Waals surface area contributed by atoms with Crippen LogP contribution in [0.15, 0.2) is 39.9 Å². The number of nitro groups is 1. The second-order valence-electron chi connectivity index (χ2n) is 5.28. The first-order valence-corrected chi connectivity index (χ1v) is 7.63. The summed E-state index contributed by atoms with van der Waals surface area (Å²) in [5.74, 6) is -0.740. The van der Waals surface area contributed by atoms with Crippen molar-refractivity contribution in [1.29, 1.82) is 0 Å². The summed E-state index contributed by atoms with van der Waals surface area (Å²) in [6, 6.07) is 5.27. The molecular weight excluding hydrogens is 366 g/mol. The van der Waals surface area contributed by atoms with E-state index in [1.165, 1.54) is 49.0 Å². The number of esters is 1. The van der Waals surface area contributed by atoms with E-state index in [1.807, 2.05) is 0 Å². The highest BCUT2D eigenvalue weighted by atomic mass is 35.5. The summed E-state index contributed by atoms with van der Waals surface area (Å²) >= 11 is 5.71. The molecular formula is C16H14ClN3O6. The van der Waals surface area contributed by atoms with Gasteiger partial charge in [0, 0.05) is 32.3 Å². The minimum absolute atomic E-state index is 0.0127. The molecule has 0 unspecified atom stereocenters. The average molecular weight is 380 g/mol. The molecule has 1 heterocycles. The molecule has 0 radical (unpaired) electrons. The molecule has 0 aliphatic carbocycles. The summed E-state index contributed by atoms with van der Waals surface area (Å²) in [5.41, 5.74) is -0.700. The van der Waals surface area contributed by atoms with Crippen molar-refractivity contribution in [3.8, 4) is 0 Å². The van der Waals surface area contributed by atoms with Crippen LogP contribution in [0, 0.1) is 10.1 Å². The fourth-order valence-electron chi connectivity index (χ4n) is 2.05. The van der Waals surface area contributed by atoms with Gasteiger partial charge >= 0.3 is 11.7 Å². The fourth-order valence-corrected chi connectivity index (χ4v) is 2.23. The molecule has 0 atom stereocenters. The summed E-state index contributed by atoms with van der Waals surface area (Å²) in [7, 11) is 2.79. The summed E-state index contributed by atoms with van der Waals surface area (Å²) in [5, 5.41) is 10.8. The normalized spacial score (nSPS) is 10.9. The number of halogens is 1. The molecule has 0 spiro atoms. The Morgan fingerprint density at radius 2 is 1.96 bits per heavy atom. The first-order valence-electron chi connectivity index (χ1n) is 7.25. The summed E-state index contributed by atoms with van der Waals surface area (Å²) in [4.78, 5) is 45.4. The van der Waals surface area contributed by atoms with Crippen LogP contribution in [0.5, 0.6) is 0 Å². The lowest BCUT2D eigenvalue weighted by Gasteiger charge is -2.09. The number of aromatic nitrogens is 2. The van der Waals surface area contributed by atoms with Gasteiger partial charge in [-0.15, -0.1) is 0 Å². The average Bonchev–Trinajstić information content (AvgIpc) is 2.60. The van der Waals surface area contributed by atoms with E-state index in [-0.39, 0.29) is 23.0 Å².